The second-order valence-corrected chi connectivity index (χ2v) is 8.61. The van der Waals surface area contributed by atoms with E-state index < -0.39 is 28.3 Å². The van der Waals surface area contributed by atoms with Crippen molar-refractivity contribution in [3.63, 3.8) is 0 Å². The standard InChI is InChI=1S/C17H17FIN3O3S/c1-12(13-7-9-14(19)10-8-13)20-21-17(23)11-22(26(2,24)25)16-6-4-3-5-15(16)18/h3-10H,11H2,1-2H3,(H,21,23)/b20-12-. The minimum atomic E-state index is -3.85. The van der Waals surface area contributed by atoms with E-state index in [1.54, 1.807) is 6.92 Å². The molecule has 9 heteroatoms. The number of para-hydroxylation sites is 1. The molecule has 0 spiro atoms. The van der Waals surface area contributed by atoms with Gasteiger partial charge in [-0.15, -0.1) is 0 Å². The first-order chi connectivity index (χ1) is 12.2. The lowest BCUT2D eigenvalue weighted by molar-refractivity contribution is -0.119. The first kappa shape index (κ1) is 20.3. The Labute approximate surface area is 165 Å². The van der Waals surface area contributed by atoms with Crippen LogP contribution in [0.3, 0.4) is 0 Å². The van der Waals surface area contributed by atoms with Crippen LogP contribution in [0.4, 0.5) is 10.1 Å². The summed E-state index contributed by atoms with van der Waals surface area (Å²) >= 11 is 2.18. The first-order valence-electron chi connectivity index (χ1n) is 7.50. The maximum atomic E-state index is 13.9. The van der Waals surface area contributed by atoms with Crippen LogP contribution in [-0.2, 0) is 14.8 Å². The molecule has 138 valence electrons. The summed E-state index contributed by atoms with van der Waals surface area (Å²) < 4.78 is 39.6. The third-order valence-electron chi connectivity index (χ3n) is 3.42. The quantitative estimate of drug-likeness (QED) is 0.385. The molecule has 0 fully saturated rings. The number of halogens is 2. The Morgan fingerprint density at radius 1 is 1.19 bits per heavy atom. The molecule has 2 rings (SSSR count). The third kappa shape index (κ3) is 5.49. The Morgan fingerprint density at radius 2 is 1.81 bits per heavy atom. The number of nitrogens with zero attached hydrogens (tertiary/aromatic N) is 2. The summed E-state index contributed by atoms with van der Waals surface area (Å²) in [5.41, 5.74) is 3.50. The van der Waals surface area contributed by atoms with Gasteiger partial charge >= 0.3 is 0 Å². The SMILES string of the molecule is C/C(=N/NC(=O)CN(c1ccccc1F)S(C)(=O)=O)c1ccc(I)cc1. The van der Waals surface area contributed by atoms with E-state index >= 15 is 0 Å². The molecule has 26 heavy (non-hydrogen) atoms. The minimum absolute atomic E-state index is 0.191. The Hall–Kier alpha value is -2.01. The van der Waals surface area contributed by atoms with Gasteiger partial charge in [0.05, 0.1) is 17.7 Å². The minimum Gasteiger partial charge on any atom is -0.271 e. The number of carbonyl (C=O) groups is 1. The molecule has 0 heterocycles. The van der Waals surface area contributed by atoms with Crippen molar-refractivity contribution in [1.29, 1.82) is 0 Å². The van der Waals surface area contributed by atoms with Crippen molar-refractivity contribution in [3.8, 4) is 0 Å². The van der Waals surface area contributed by atoms with Crippen LogP contribution in [0.2, 0.25) is 0 Å². The lowest BCUT2D eigenvalue weighted by Gasteiger charge is -2.21. The largest absolute Gasteiger partial charge is 0.271 e. The number of sulfonamides is 1. The van der Waals surface area contributed by atoms with Gasteiger partial charge in [0.25, 0.3) is 5.91 Å². The van der Waals surface area contributed by atoms with Gasteiger partial charge in [-0.3, -0.25) is 9.10 Å². The van der Waals surface area contributed by atoms with Gasteiger partial charge in [0.1, 0.15) is 12.4 Å². The molecule has 1 N–H and O–H groups in total. The molecular weight excluding hydrogens is 472 g/mol. The summed E-state index contributed by atoms with van der Waals surface area (Å²) in [7, 11) is -3.85. The highest BCUT2D eigenvalue weighted by molar-refractivity contribution is 14.1. The molecule has 0 aliphatic heterocycles. The molecule has 0 aliphatic carbocycles. The molecule has 0 radical (unpaired) electrons. The summed E-state index contributed by atoms with van der Waals surface area (Å²) in [4.78, 5) is 12.1. The van der Waals surface area contributed by atoms with Gasteiger partial charge in [-0.1, -0.05) is 24.3 Å². The molecule has 2 aromatic carbocycles. The molecule has 2 aromatic rings. The summed E-state index contributed by atoms with van der Waals surface area (Å²) in [5.74, 6) is -1.41. The number of nitrogens with one attached hydrogen (secondary N) is 1. The summed E-state index contributed by atoms with van der Waals surface area (Å²) in [6.45, 7) is 1.14. The van der Waals surface area contributed by atoms with Gasteiger partial charge in [0, 0.05) is 3.57 Å². The van der Waals surface area contributed by atoms with E-state index in [4.69, 9.17) is 0 Å². The molecule has 0 saturated carbocycles. The second kappa shape index (κ2) is 8.58. The molecule has 0 bridgehead atoms. The fourth-order valence-electron chi connectivity index (χ4n) is 2.10. The number of carbonyl (C=O) groups excluding carboxylic acids is 1. The normalized spacial score (nSPS) is 11.9. The molecule has 1 amide bonds. The third-order valence-corrected chi connectivity index (χ3v) is 5.26. The fourth-order valence-corrected chi connectivity index (χ4v) is 3.32. The Kier molecular flexibility index (Phi) is 6.70. The number of rotatable bonds is 6. The Bertz CT molecular complexity index is 931. The average Bonchev–Trinajstić information content (AvgIpc) is 2.58. The highest BCUT2D eigenvalue weighted by Crippen LogP contribution is 2.20. The van der Waals surface area contributed by atoms with Crippen molar-refractivity contribution in [2.75, 3.05) is 17.1 Å². The van der Waals surface area contributed by atoms with E-state index in [-0.39, 0.29) is 5.69 Å². The molecule has 0 aromatic heterocycles. The number of anilines is 1. The zero-order valence-corrected chi connectivity index (χ0v) is 17.1. The van der Waals surface area contributed by atoms with Gasteiger partial charge < -0.3 is 0 Å². The van der Waals surface area contributed by atoms with E-state index in [0.29, 0.717) is 10.0 Å². The van der Waals surface area contributed by atoms with E-state index in [2.05, 4.69) is 33.1 Å². The van der Waals surface area contributed by atoms with Crippen LogP contribution >= 0.6 is 22.6 Å². The van der Waals surface area contributed by atoms with Crippen molar-refractivity contribution >= 4 is 49.9 Å². The van der Waals surface area contributed by atoms with Crippen LogP contribution in [0.5, 0.6) is 0 Å². The van der Waals surface area contributed by atoms with Crippen LogP contribution in [0.25, 0.3) is 0 Å². The molecular formula is C17H17FIN3O3S. The van der Waals surface area contributed by atoms with Gasteiger partial charge in [0.2, 0.25) is 10.0 Å². The van der Waals surface area contributed by atoms with Crippen molar-refractivity contribution in [2.45, 2.75) is 6.92 Å². The molecule has 0 aliphatic rings. The lowest BCUT2D eigenvalue weighted by atomic mass is 10.1. The van der Waals surface area contributed by atoms with E-state index in [0.717, 1.165) is 21.5 Å². The summed E-state index contributed by atoms with van der Waals surface area (Å²) in [6.07, 6.45) is 0.910. The van der Waals surface area contributed by atoms with Crippen LogP contribution in [0, 0.1) is 9.39 Å². The number of hydrogen-bond donors (Lipinski definition) is 1. The predicted octanol–water partition coefficient (Wildman–Crippen LogP) is 2.74. The molecule has 0 unspecified atom stereocenters. The molecule has 6 nitrogen and oxygen atoms in total. The highest BCUT2D eigenvalue weighted by Gasteiger charge is 2.23. The van der Waals surface area contributed by atoms with Gasteiger partial charge in [-0.2, -0.15) is 5.10 Å². The monoisotopic (exact) mass is 489 g/mol. The summed E-state index contributed by atoms with van der Waals surface area (Å²) in [6, 6.07) is 12.9. The van der Waals surface area contributed by atoms with Gasteiger partial charge in [-0.05, 0) is 59.3 Å². The lowest BCUT2D eigenvalue weighted by Crippen LogP contribution is -2.39. The second-order valence-electron chi connectivity index (χ2n) is 5.46. The predicted molar refractivity (Wildman–Crippen MR) is 108 cm³/mol. The van der Waals surface area contributed by atoms with Crippen LogP contribution in [-0.4, -0.2) is 32.8 Å². The van der Waals surface area contributed by atoms with Crippen molar-refractivity contribution in [1.82, 2.24) is 5.43 Å². The first-order valence-corrected chi connectivity index (χ1v) is 10.4. The van der Waals surface area contributed by atoms with Crippen LogP contribution < -0.4 is 9.73 Å². The fraction of sp³-hybridized carbons (Fsp3) is 0.176. The highest BCUT2D eigenvalue weighted by atomic mass is 127. The molecule has 0 atom stereocenters. The number of benzene rings is 2. The maximum Gasteiger partial charge on any atom is 0.260 e. The summed E-state index contributed by atoms with van der Waals surface area (Å²) in [5, 5.41) is 3.97. The Morgan fingerprint density at radius 3 is 2.38 bits per heavy atom. The van der Waals surface area contributed by atoms with Crippen molar-refractivity contribution in [3.05, 3.63) is 63.5 Å². The number of amides is 1. The van der Waals surface area contributed by atoms with Gasteiger partial charge in [0.15, 0.2) is 0 Å². The maximum absolute atomic E-state index is 13.9. The zero-order valence-electron chi connectivity index (χ0n) is 14.1. The number of hydrogen-bond acceptors (Lipinski definition) is 4. The van der Waals surface area contributed by atoms with Crippen molar-refractivity contribution in [2.24, 2.45) is 5.10 Å². The topological polar surface area (TPSA) is 78.8 Å². The van der Waals surface area contributed by atoms with E-state index in [1.165, 1.54) is 18.2 Å². The smallest absolute Gasteiger partial charge is 0.260 e. The Balaban J connectivity index is 2.14. The van der Waals surface area contributed by atoms with E-state index in [1.807, 2.05) is 24.3 Å². The van der Waals surface area contributed by atoms with Crippen molar-refractivity contribution < 1.29 is 17.6 Å². The zero-order chi connectivity index (χ0) is 19.3. The van der Waals surface area contributed by atoms with Crippen LogP contribution in [0.15, 0.2) is 53.6 Å². The average molecular weight is 489 g/mol. The number of hydrazone groups is 1. The van der Waals surface area contributed by atoms with Crippen LogP contribution in [0.1, 0.15) is 12.5 Å². The van der Waals surface area contributed by atoms with E-state index in [9.17, 15) is 17.6 Å². The molecule has 0 saturated heterocycles. The van der Waals surface area contributed by atoms with Gasteiger partial charge in [-0.25, -0.2) is 18.2 Å².